The Labute approximate surface area is 461 Å². The van der Waals surface area contributed by atoms with Crippen molar-refractivity contribution in [2.24, 2.45) is 11.8 Å². The van der Waals surface area contributed by atoms with Gasteiger partial charge in [-0.2, -0.15) is 12.6 Å². The number of aryl methyl sites for hydroxylation is 1. The maximum atomic E-state index is 14.7. The van der Waals surface area contributed by atoms with Crippen molar-refractivity contribution in [1.82, 2.24) is 52.3 Å². The molecule has 3 aliphatic rings. The number of imide groups is 1. The number of carboxylic acids is 1. The van der Waals surface area contributed by atoms with E-state index in [0.717, 1.165) is 22.0 Å². The molecule has 1 aromatic carbocycles. The molecule has 0 bridgehead atoms. The Balaban J connectivity index is 1.72. The lowest BCUT2D eigenvalue weighted by molar-refractivity contribution is -0.146. The van der Waals surface area contributed by atoms with Crippen molar-refractivity contribution in [3.63, 3.8) is 0 Å². The molecule has 3 heterocycles. The summed E-state index contributed by atoms with van der Waals surface area (Å²) >= 11 is 4.14. The predicted molar refractivity (Wildman–Crippen MR) is 282 cm³/mol. The van der Waals surface area contributed by atoms with Crippen molar-refractivity contribution in [2.45, 2.75) is 121 Å². The molecule has 29 heteroatoms. The minimum absolute atomic E-state index is 0.0591. The van der Waals surface area contributed by atoms with Gasteiger partial charge < -0.3 is 77.5 Å². The summed E-state index contributed by atoms with van der Waals surface area (Å²) < 4.78 is 10.9. The van der Waals surface area contributed by atoms with E-state index < -0.39 is 176 Å². The van der Waals surface area contributed by atoms with Gasteiger partial charge in [0, 0.05) is 62.1 Å². The van der Waals surface area contributed by atoms with Gasteiger partial charge in [-0.3, -0.25) is 57.6 Å². The molecule has 2 fully saturated rings. The molecule has 0 aromatic heterocycles. The molecule has 1 aromatic rings. The minimum atomic E-state index is -1.96. The van der Waals surface area contributed by atoms with Crippen LogP contribution in [0.5, 0.6) is 5.75 Å². The summed E-state index contributed by atoms with van der Waals surface area (Å²) in [4.78, 5) is 163. The third-order valence-corrected chi connectivity index (χ3v) is 14.0. The first kappa shape index (κ1) is 64.0. The highest BCUT2D eigenvalue weighted by atomic mass is 32.1. The number of methoxy groups -OCH3 is 1. The number of rotatable bonds is 20. The highest BCUT2D eigenvalue weighted by Crippen LogP contribution is 2.26. The van der Waals surface area contributed by atoms with Gasteiger partial charge in [-0.15, -0.1) is 0 Å². The smallest absolute Gasteiger partial charge is 0.407 e. The Morgan fingerprint density at radius 3 is 2.09 bits per heavy atom. The number of nitrogens with zero attached hydrogens (tertiary/aromatic N) is 2. The average molecular weight is 1130 g/mol. The zero-order valence-corrected chi connectivity index (χ0v) is 45.6. The van der Waals surface area contributed by atoms with Gasteiger partial charge in [0.25, 0.3) is 11.8 Å². The molecular formula is C50H73N11O17S. The molecule has 0 radical (unpaired) electrons. The Kier molecular flexibility index (Phi) is 25.2. The number of amides is 11. The monoisotopic (exact) mass is 1130 g/mol. The molecule has 11 amide bonds. The van der Waals surface area contributed by atoms with Crippen molar-refractivity contribution >= 4 is 89.5 Å². The lowest BCUT2D eigenvalue weighted by Gasteiger charge is -2.32. The first-order valence-electron chi connectivity index (χ1n) is 25.9. The van der Waals surface area contributed by atoms with Gasteiger partial charge in [-0.1, -0.05) is 33.3 Å². The number of anilines is 1. The number of thiol groups is 1. The number of hydrogen-bond donors (Lipinski definition) is 13. The third-order valence-electron chi connectivity index (χ3n) is 13.7. The van der Waals surface area contributed by atoms with E-state index in [-0.39, 0.29) is 25.9 Å². The van der Waals surface area contributed by atoms with Crippen LogP contribution >= 0.6 is 12.6 Å². The topological polar surface area (TPSA) is 399 Å². The number of unbranched alkanes of at least 4 members (excludes halogenated alkanes) is 2. The van der Waals surface area contributed by atoms with Crippen LogP contribution in [0.25, 0.3) is 0 Å². The van der Waals surface area contributed by atoms with E-state index >= 15 is 0 Å². The predicted octanol–water partition coefficient (Wildman–Crippen LogP) is -3.43. The highest BCUT2D eigenvalue weighted by Gasteiger charge is 2.46. The molecule has 3 aliphatic heterocycles. The van der Waals surface area contributed by atoms with E-state index in [1.807, 2.05) is 0 Å². The van der Waals surface area contributed by atoms with Gasteiger partial charge in [-0.05, 0) is 49.7 Å². The number of ether oxygens (including phenoxy) is 2. The van der Waals surface area contributed by atoms with Crippen LogP contribution in [0.2, 0.25) is 0 Å². The van der Waals surface area contributed by atoms with E-state index in [1.165, 1.54) is 14.0 Å². The largest absolute Gasteiger partial charge is 0.497 e. The molecule has 2 saturated heterocycles. The van der Waals surface area contributed by atoms with Crippen LogP contribution in [0.1, 0.15) is 71.3 Å². The first-order valence-corrected chi connectivity index (χ1v) is 26.5. The van der Waals surface area contributed by atoms with Crippen molar-refractivity contribution in [3.05, 3.63) is 35.9 Å². The Morgan fingerprint density at radius 1 is 0.810 bits per heavy atom. The molecule has 12 N–H and O–H groups in total. The molecule has 1 unspecified atom stereocenters. The maximum Gasteiger partial charge on any atom is 0.407 e. The fourth-order valence-corrected chi connectivity index (χ4v) is 9.06. The van der Waals surface area contributed by atoms with Gasteiger partial charge in [0.15, 0.2) is 0 Å². The van der Waals surface area contributed by atoms with E-state index in [1.54, 1.807) is 39.1 Å². The van der Waals surface area contributed by atoms with E-state index in [0.29, 0.717) is 42.7 Å². The second-order valence-electron chi connectivity index (χ2n) is 19.2. The van der Waals surface area contributed by atoms with Crippen molar-refractivity contribution in [3.8, 4) is 5.75 Å². The number of aliphatic carboxylic acids is 1. The van der Waals surface area contributed by atoms with Gasteiger partial charge in [0.1, 0.15) is 48.1 Å². The van der Waals surface area contributed by atoms with Gasteiger partial charge in [-0.25, -0.2) is 4.79 Å². The summed E-state index contributed by atoms with van der Waals surface area (Å²) in [6, 6.07) is -4.65. The third kappa shape index (κ3) is 18.8. The van der Waals surface area contributed by atoms with Crippen LogP contribution in [0.3, 0.4) is 0 Å². The molecule has 79 heavy (non-hydrogen) atoms. The zero-order valence-electron chi connectivity index (χ0n) is 44.7. The number of fused-ring (bicyclic) bond motifs is 1. The SMILES string of the molecule is CC[C@H](C)C1NC(=O)CNC(=O)[C@H](CCc2ccc(OC)cc2NC)NC(=O)[C@@H]([C@@H](C)[C@@H](O)CO)NC(=O)[C@@H]2C[C@@H](OC(=O)NCCCCCN3C(=O)C=CC3=O)CN2C(=O)[C@H](CC(=O)O)NC(=O)[C@H](CS)NC(=O)CNC1=O. The molecule has 0 saturated carbocycles. The number of benzene rings is 1. The number of aliphatic hydroxyl groups is 2. The second kappa shape index (κ2) is 31.2. The van der Waals surface area contributed by atoms with Gasteiger partial charge >= 0.3 is 12.1 Å². The van der Waals surface area contributed by atoms with Crippen LogP contribution in [0.15, 0.2) is 30.4 Å². The summed E-state index contributed by atoms with van der Waals surface area (Å²) in [6.45, 7) is 1.97. The van der Waals surface area contributed by atoms with E-state index in [4.69, 9.17) is 9.47 Å². The summed E-state index contributed by atoms with van der Waals surface area (Å²) in [6.07, 6.45) is -1.58. The fraction of sp³-hybridized carbons (Fsp3) is 0.600. The fourth-order valence-electron chi connectivity index (χ4n) is 8.80. The molecule has 0 aliphatic carbocycles. The Hall–Kier alpha value is -7.53. The second-order valence-corrected chi connectivity index (χ2v) is 19.6. The van der Waals surface area contributed by atoms with Crippen LogP contribution in [0.4, 0.5) is 10.5 Å². The molecule has 0 spiro atoms. The molecule has 436 valence electrons. The number of hydrogen-bond acceptors (Lipinski definition) is 18. The maximum absolute atomic E-state index is 14.7. The van der Waals surface area contributed by atoms with Crippen LogP contribution < -0.4 is 52.6 Å². The summed E-state index contributed by atoms with van der Waals surface area (Å²) in [7, 11) is 3.13. The van der Waals surface area contributed by atoms with Gasteiger partial charge in [0.2, 0.25) is 47.3 Å². The lowest BCUT2D eigenvalue weighted by Crippen LogP contribution is -2.61. The molecule has 4 rings (SSSR count). The summed E-state index contributed by atoms with van der Waals surface area (Å²) in [5.41, 5.74) is 1.27. The van der Waals surface area contributed by atoms with E-state index in [2.05, 4.69) is 60.5 Å². The number of carbonyl (C=O) groups excluding carboxylic acids is 11. The van der Waals surface area contributed by atoms with Crippen molar-refractivity contribution in [2.75, 3.05) is 64.6 Å². The Morgan fingerprint density at radius 2 is 1.47 bits per heavy atom. The average Bonchev–Trinajstić information content (AvgIpc) is 4.01. The van der Waals surface area contributed by atoms with Crippen molar-refractivity contribution in [1.29, 1.82) is 0 Å². The number of alkyl carbamates (subject to hydrolysis) is 1. The summed E-state index contributed by atoms with van der Waals surface area (Å²) in [5, 5.41) is 53.7. The number of carbonyl (C=O) groups is 12. The number of aliphatic hydroxyl groups excluding tert-OH is 2. The lowest BCUT2D eigenvalue weighted by atomic mass is 9.93. The quantitative estimate of drug-likeness (QED) is 0.0343. The normalized spacial score (nSPS) is 24.3. The number of carboxylic acid groups (broad SMARTS) is 1. The zero-order chi connectivity index (χ0) is 58.5. The number of nitrogens with one attached hydrogen (secondary N) is 9. The van der Waals surface area contributed by atoms with Gasteiger partial charge in [0.05, 0.1) is 45.9 Å². The minimum Gasteiger partial charge on any atom is -0.497 e. The molecule has 28 nitrogen and oxygen atoms in total. The van der Waals surface area contributed by atoms with E-state index in [9.17, 15) is 72.9 Å². The molecular weight excluding hydrogens is 1060 g/mol. The summed E-state index contributed by atoms with van der Waals surface area (Å²) in [5.74, 6) is -12.2. The Bertz CT molecular complexity index is 2430. The first-order chi connectivity index (χ1) is 37.5. The van der Waals surface area contributed by atoms with Crippen LogP contribution in [0, 0.1) is 11.8 Å². The standard InChI is InChI=1S/C50H73N11O17S/c1-6-26(2)42-47(73)54-21-37(64)55-34(25-79)45(71)57-33(20-41(68)69)49(75)61-23-30(78-50(76)52-16-8-7-9-17-60-39(66)14-15-40(60)67)19-35(61)46(72)59-43(27(3)36(63)24-62)48(74)56-31(44(70)53-22-38(65)58-42)13-11-28-10-12-29(77-5)18-32(28)51-4/h10,12,14-15,18,26-27,30-31,33-36,42-43,51,62-63,79H,6-9,11,13,16-17,19-25H2,1-5H3,(H,52,76)(H,53,70)(H,54,73)(H,55,64)(H,56,74)(H,57,71)(H,58,65)(H,59,72)(H,68,69)/t26-,27-,30+,31-,33-,34-,35-,36-,42?,43+/m0/s1. The van der Waals surface area contributed by atoms with Crippen LogP contribution in [-0.4, -0.2) is 204 Å². The van der Waals surface area contributed by atoms with Crippen LogP contribution in [-0.2, 0) is 63.9 Å². The van der Waals surface area contributed by atoms with Crippen molar-refractivity contribution < 1.29 is 82.3 Å². The highest BCUT2D eigenvalue weighted by molar-refractivity contribution is 7.80. The molecule has 10 atom stereocenters.